The van der Waals surface area contributed by atoms with Gasteiger partial charge in [-0.3, -0.25) is 4.52 Å². The summed E-state index contributed by atoms with van der Waals surface area (Å²) in [6.45, 7) is 6.35. The van der Waals surface area contributed by atoms with Crippen molar-refractivity contribution in [3.8, 4) is 0 Å². The minimum atomic E-state index is -4.41. The molecule has 0 aromatic rings. The van der Waals surface area contributed by atoms with Gasteiger partial charge in [0.15, 0.2) is 0 Å². The second-order valence-corrected chi connectivity index (χ2v) is 5.66. The molecule has 0 aliphatic rings. The van der Waals surface area contributed by atoms with Crippen LogP contribution in [0.25, 0.3) is 0 Å². The molecular formula is C9H22NO5P. The maximum absolute atomic E-state index is 10.6. The molecule has 0 saturated heterocycles. The lowest BCUT2D eigenvalue weighted by atomic mass is 9.90. The molecule has 0 radical (unpaired) electrons. The fourth-order valence-electron chi connectivity index (χ4n) is 0.977. The average molecular weight is 255 g/mol. The molecule has 0 saturated carbocycles. The lowest BCUT2D eigenvalue weighted by molar-refractivity contribution is 0.0108. The Labute approximate surface area is 96.4 Å². The van der Waals surface area contributed by atoms with Crippen molar-refractivity contribution in [1.29, 1.82) is 0 Å². The standard InChI is InChI=1S/C9H22NO5P/c1-4-9(3,6-14-5-8(2)10)7-15-16(11,12)13/h8H,4-7,10H2,1-3H3,(H2,11,12,13). The minimum Gasteiger partial charge on any atom is -0.379 e. The Morgan fingerprint density at radius 3 is 2.38 bits per heavy atom. The molecular weight excluding hydrogens is 233 g/mol. The molecule has 0 aliphatic carbocycles. The first-order valence-corrected chi connectivity index (χ1v) is 6.75. The second kappa shape index (κ2) is 6.69. The number of rotatable bonds is 8. The van der Waals surface area contributed by atoms with E-state index in [1.807, 2.05) is 20.8 Å². The Morgan fingerprint density at radius 2 is 2.00 bits per heavy atom. The number of ether oxygens (including phenoxy) is 1. The second-order valence-electron chi connectivity index (χ2n) is 4.42. The molecule has 16 heavy (non-hydrogen) atoms. The Hall–Kier alpha value is 0.0300. The molecule has 4 N–H and O–H groups in total. The van der Waals surface area contributed by atoms with E-state index < -0.39 is 13.2 Å². The first kappa shape index (κ1) is 16.0. The third-order valence-electron chi connectivity index (χ3n) is 2.27. The Kier molecular flexibility index (Phi) is 6.70. The van der Waals surface area contributed by atoms with Crippen LogP contribution in [0.5, 0.6) is 0 Å². The molecule has 0 aromatic heterocycles. The monoisotopic (exact) mass is 255 g/mol. The van der Waals surface area contributed by atoms with Gasteiger partial charge in [-0.1, -0.05) is 13.8 Å². The molecule has 0 aliphatic heterocycles. The van der Waals surface area contributed by atoms with Crippen molar-refractivity contribution < 1.29 is 23.6 Å². The summed E-state index contributed by atoms with van der Waals surface area (Å²) in [7, 11) is -4.41. The summed E-state index contributed by atoms with van der Waals surface area (Å²) in [6, 6.07) is -0.0520. The molecule has 0 heterocycles. The molecule has 7 heteroatoms. The van der Waals surface area contributed by atoms with Crippen molar-refractivity contribution in [3.63, 3.8) is 0 Å². The van der Waals surface area contributed by atoms with Gasteiger partial charge in [-0.2, -0.15) is 0 Å². The highest BCUT2D eigenvalue weighted by Crippen LogP contribution is 2.38. The van der Waals surface area contributed by atoms with Crippen LogP contribution in [-0.2, 0) is 13.8 Å². The number of hydrogen-bond acceptors (Lipinski definition) is 4. The third kappa shape index (κ3) is 8.21. The Morgan fingerprint density at radius 1 is 1.44 bits per heavy atom. The summed E-state index contributed by atoms with van der Waals surface area (Å²) in [6.07, 6.45) is 0.700. The van der Waals surface area contributed by atoms with Crippen LogP contribution in [0.4, 0.5) is 0 Å². The molecule has 0 fully saturated rings. The summed E-state index contributed by atoms with van der Waals surface area (Å²) in [5.41, 5.74) is 5.12. The largest absolute Gasteiger partial charge is 0.469 e. The molecule has 0 amide bonds. The molecule has 0 rings (SSSR count). The topological polar surface area (TPSA) is 102 Å². The van der Waals surface area contributed by atoms with Crippen LogP contribution in [0.15, 0.2) is 0 Å². The van der Waals surface area contributed by atoms with Gasteiger partial charge in [0.05, 0.1) is 19.8 Å². The predicted molar refractivity (Wildman–Crippen MR) is 60.9 cm³/mol. The summed E-state index contributed by atoms with van der Waals surface area (Å²) >= 11 is 0. The zero-order valence-electron chi connectivity index (χ0n) is 10.0. The fraction of sp³-hybridized carbons (Fsp3) is 1.00. The molecule has 6 nitrogen and oxygen atoms in total. The van der Waals surface area contributed by atoms with Gasteiger partial charge in [0.2, 0.25) is 0 Å². The van der Waals surface area contributed by atoms with Crippen molar-refractivity contribution in [3.05, 3.63) is 0 Å². The molecule has 0 aromatic carbocycles. The van der Waals surface area contributed by atoms with Crippen LogP contribution in [0.3, 0.4) is 0 Å². The van der Waals surface area contributed by atoms with E-state index in [1.165, 1.54) is 0 Å². The highest BCUT2D eigenvalue weighted by molar-refractivity contribution is 7.46. The third-order valence-corrected chi connectivity index (χ3v) is 2.73. The Bertz CT molecular complexity index is 242. The van der Waals surface area contributed by atoms with E-state index in [0.717, 1.165) is 0 Å². The molecule has 2 unspecified atom stereocenters. The number of nitrogens with two attached hydrogens (primary N) is 1. The van der Waals surface area contributed by atoms with E-state index in [2.05, 4.69) is 4.52 Å². The SMILES string of the molecule is CCC(C)(COCC(C)N)COP(=O)(O)O. The first-order chi connectivity index (χ1) is 7.18. The minimum absolute atomic E-state index is 0.0350. The normalized spacial score (nSPS) is 18.1. The maximum Gasteiger partial charge on any atom is 0.469 e. The van der Waals surface area contributed by atoms with Crippen molar-refractivity contribution in [1.82, 2.24) is 0 Å². The lowest BCUT2D eigenvalue weighted by Gasteiger charge is -2.28. The zero-order chi connectivity index (χ0) is 12.8. The van der Waals surface area contributed by atoms with E-state index in [4.69, 9.17) is 20.3 Å². The quantitative estimate of drug-likeness (QED) is 0.556. The van der Waals surface area contributed by atoms with Crippen LogP contribution in [-0.4, -0.2) is 35.6 Å². The van der Waals surface area contributed by atoms with Crippen LogP contribution in [0, 0.1) is 5.41 Å². The summed E-state index contributed by atoms with van der Waals surface area (Å²) in [4.78, 5) is 17.2. The van der Waals surface area contributed by atoms with Gasteiger partial charge in [0.1, 0.15) is 0 Å². The van der Waals surface area contributed by atoms with Gasteiger partial charge >= 0.3 is 7.82 Å². The smallest absolute Gasteiger partial charge is 0.379 e. The first-order valence-electron chi connectivity index (χ1n) is 5.22. The summed E-state index contributed by atoms with van der Waals surface area (Å²) < 4.78 is 20.4. The van der Waals surface area contributed by atoms with Crippen LogP contribution < -0.4 is 5.73 Å². The number of phosphoric ester groups is 1. The van der Waals surface area contributed by atoms with Gasteiger partial charge in [-0.05, 0) is 13.3 Å². The molecule has 0 bridgehead atoms. The fourth-order valence-corrected chi connectivity index (χ4v) is 1.46. The van der Waals surface area contributed by atoms with Gasteiger partial charge < -0.3 is 20.3 Å². The van der Waals surface area contributed by atoms with Crippen LogP contribution >= 0.6 is 7.82 Å². The Balaban J connectivity index is 4.05. The lowest BCUT2D eigenvalue weighted by Crippen LogP contribution is -2.31. The van der Waals surface area contributed by atoms with Crippen LogP contribution in [0.1, 0.15) is 27.2 Å². The molecule has 98 valence electrons. The summed E-state index contributed by atoms with van der Waals surface area (Å²) in [5.74, 6) is 0. The van der Waals surface area contributed by atoms with Crippen molar-refractivity contribution in [2.45, 2.75) is 33.2 Å². The highest BCUT2D eigenvalue weighted by Gasteiger charge is 2.27. The maximum atomic E-state index is 10.6. The van der Waals surface area contributed by atoms with E-state index in [1.54, 1.807) is 0 Å². The van der Waals surface area contributed by atoms with Crippen LogP contribution in [0.2, 0.25) is 0 Å². The van der Waals surface area contributed by atoms with Crippen molar-refractivity contribution in [2.24, 2.45) is 11.1 Å². The van der Waals surface area contributed by atoms with Gasteiger partial charge in [0.25, 0.3) is 0 Å². The average Bonchev–Trinajstić information content (AvgIpc) is 2.13. The summed E-state index contributed by atoms with van der Waals surface area (Å²) in [5, 5.41) is 0. The van der Waals surface area contributed by atoms with E-state index in [9.17, 15) is 4.57 Å². The van der Waals surface area contributed by atoms with Crippen molar-refractivity contribution >= 4 is 7.82 Å². The van der Waals surface area contributed by atoms with Gasteiger partial charge in [-0.25, -0.2) is 4.57 Å². The molecule has 0 spiro atoms. The van der Waals surface area contributed by atoms with E-state index in [0.29, 0.717) is 19.6 Å². The van der Waals surface area contributed by atoms with Gasteiger partial charge in [-0.15, -0.1) is 0 Å². The van der Waals surface area contributed by atoms with Gasteiger partial charge in [0, 0.05) is 11.5 Å². The van der Waals surface area contributed by atoms with E-state index in [-0.39, 0.29) is 12.6 Å². The number of hydrogen-bond donors (Lipinski definition) is 3. The molecule has 2 atom stereocenters. The van der Waals surface area contributed by atoms with E-state index >= 15 is 0 Å². The highest BCUT2D eigenvalue weighted by atomic mass is 31.2. The predicted octanol–water partition coefficient (Wildman–Crippen LogP) is 0.876. The zero-order valence-corrected chi connectivity index (χ0v) is 10.9. The number of phosphoric acid groups is 1. The van der Waals surface area contributed by atoms with Crippen molar-refractivity contribution in [2.75, 3.05) is 19.8 Å².